The number of imide groups is 1. The van der Waals surface area contributed by atoms with Crippen LogP contribution in [0, 0.1) is 0 Å². The van der Waals surface area contributed by atoms with Gasteiger partial charge in [0, 0.05) is 4.47 Å². The van der Waals surface area contributed by atoms with Crippen molar-refractivity contribution in [3.05, 3.63) is 63.5 Å². The van der Waals surface area contributed by atoms with Gasteiger partial charge in [0.2, 0.25) is 5.91 Å². The Morgan fingerprint density at radius 1 is 1.14 bits per heavy atom. The molecule has 0 radical (unpaired) electrons. The van der Waals surface area contributed by atoms with E-state index in [0.29, 0.717) is 44.3 Å². The lowest BCUT2D eigenvalue weighted by Gasteiger charge is -2.16. The summed E-state index contributed by atoms with van der Waals surface area (Å²) in [6, 6.07) is 5.80. The molecule has 0 unspecified atom stereocenters. The highest BCUT2D eigenvalue weighted by Gasteiger charge is 2.37. The molecular weight excluding hydrogens is 581 g/mol. The molecule has 1 N–H and O–H groups in total. The van der Waals surface area contributed by atoms with Crippen LogP contribution in [-0.2, 0) is 15.8 Å². The van der Waals surface area contributed by atoms with Gasteiger partial charge in [0.25, 0.3) is 11.1 Å². The molecule has 1 aliphatic heterocycles. The monoisotopic (exact) mass is 600 g/mol. The fourth-order valence-corrected chi connectivity index (χ4v) is 4.44. The number of hydrogen-bond acceptors (Lipinski definition) is 7. The summed E-state index contributed by atoms with van der Waals surface area (Å²) in [5, 5.41) is 1.56. The predicted octanol–water partition coefficient (Wildman–Crippen LogP) is 5.72. The van der Waals surface area contributed by atoms with E-state index in [1.165, 1.54) is 20.3 Å². The second-order valence-corrected chi connectivity index (χ2v) is 9.20. The second kappa shape index (κ2) is 11.7. The number of ether oxygens (including phenoxy) is 3. The van der Waals surface area contributed by atoms with Gasteiger partial charge in [-0.1, -0.05) is 28.6 Å². The summed E-state index contributed by atoms with van der Waals surface area (Å²) in [6.07, 6.45) is -1.63. The summed E-state index contributed by atoms with van der Waals surface area (Å²) in [4.78, 5) is 38.6. The third kappa shape index (κ3) is 6.66. The maximum absolute atomic E-state index is 13.1. The highest BCUT2D eigenvalue weighted by Crippen LogP contribution is 2.38. The van der Waals surface area contributed by atoms with Crippen LogP contribution in [0.1, 0.15) is 11.1 Å². The van der Waals surface area contributed by atoms with Crippen LogP contribution < -0.4 is 19.5 Å². The first-order chi connectivity index (χ1) is 17.5. The summed E-state index contributed by atoms with van der Waals surface area (Å²) in [7, 11) is 2.67. The fraction of sp³-hybridized carbons (Fsp3) is 0.208. The molecule has 0 aromatic heterocycles. The molecule has 1 fully saturated rings. The average Bonchev–Trinajstić information content (AvgIpc) is 3.10. The summed E-state index contributed by atoms with van der Waals surface area (Å²) in [5.74, 6) is -0.826. The number of anilines is 1. The number of rotatable bonds is 9. The van der Waals surface area contributed by atoms with Gasteiger partial charge in [-0.25, -0.2) is 0 Å². The van der Waals surface area contributed by atoms with Crippen molar-refractivity contribution in [2.45, 2.75) is 6.18 Å². The average molecular weight is 601 g/mol. The van der Waals surface area contributed by atoms with E-state index in [1.807, 2.05) is 0 Å². The molecule has 2 aromatic rings. The SMILES string of the molecule is C=CCOc1cc(Br)c(/C=C2\SC(=O)N(CC(=O)Nc3cc(C(F)(F)F)ccc3OC)C2=O)cc1OC. The molecule has 0 aliphatic carbocycles. The standard InChI is InChI=1S/C24H20BrF3N2O6S/c1-4-7-36-19-11-15(25)13(8-18(19)35-3)9-20-22(32)30(23(33)37-20)12-21(31)29-16-10-14(24(26,27)28)5-6-17(16)34-2/h4-6,8-11H,1,7,12H2,2-3H3,(H,29,31)/b20-9-. The predicted molar refractivity (Wildman–Crippen MR) is 136 cm³/mol. The van der Waals surface area contributed by atoms with Crippen molar-refractivity contribution in [2.75, 3.05) is 32.7 Å². The van der Waals surface area contributed by atoms with Crippen LogP contribution >= 0.6 is 27.7 Å². The van der Waals surface area contributed by atoms with Crippen molar-refractivity contribution in [1.29, 1.82) is 0 Å². The van der Waals surface area contributed by atoms with Gasteiger partial charge in [-0.05, 0) is 53.7 Å². The summed E-state index contributed by atoms with van der Waals surface area (Å²) in [5.41, 5.74) is -0.745. The van der Waals surface area contributed by atoms with Crippen molar-refractivity contribution in [3.8, 4) is 17.2 Å². The van der Waals surface area contributed by atoms with Crippen molar-refractivity contribution in [2.24, 2.45) is 0 Å². The van der Waals surface area contributed by atoms with Crippen molar-refractivity contribution < 1.29 is 41.8 Å². The van der Waals surface area contributed by atoms with Crippen molar-refractivity contribution in [1.82, 2.24) is 4.90 Å². The highest BCUT2D eigenvalue weighted by atomic mass is 79.9. The Hall–Kier alpha value is -3.45. The first-order valence-corrected chi connectivity index (χ1v) is 12.0. The van der Waals surface area contributed by atoms with Crippen LogP contribution in [0.4, 0.5) is 23.7 Å². The fourth-order valence-electron chi connectivity index (χ4n) is 3.18. The third-order valence-electron chi connectivity index (χ3n) is 4.90. The zero-order valence-corrected chi connectivity index (χ0v) is 21.9. The Kier molecular flexibility index (Phi) is 8.92. The maximum atomic E-state index is 13.1. The molecule has 0 saturated carbocycles. The van der Waals surface area contributed by atoms with E-state index in [4.69, 9.17) is 14.2 Å². The third-order valence-corrected chi connectivity index (χ3v) is 6.50. The molecule has 1 saturated heterocycles. The highest BCUT2D eigenvalue weighted by molar-refractivity contribution is 9.10. The number of carbonyl (C=O) groups excluding carboxylic acids is 3. The van der Waals surface area contributed by atoms with E-state index in [2.05, 4.69) is 27.8 Å². The van der Waals surface area contributed by atoms with Crippen LogP contribution in [0.5, 0.6) is 17.2 Å². The normalized spacial score (nSPS) is 14.6. The number of nitrogens with zero attached hydrogens (tertiary/aromatic N) is 1. The van der Waals surface area contributed by atoms with E-state index in [1.54, 1.807) is 18.2 Å². The molecule has 8 nitrogen and oxygen atoms in total. The second-order valence-electron chi connectivity index (χ2n) is 7.35. The molecule has 0 atom stereocenters. The van der Waals surface area contributed by atoms with Crippen LogP contribution in [0.25, 0.3) is 6.08 Å². The molecule has 0 spiro atoms. The minimum atomic E-state index is -4.64. The van der Waals surface area contributed by atoms with E-state index < -0.39 is 35.3 Å². The molecular formula is C24H20BrF3N2O6S. The summed E-state index contributed by atoms with van der Waals surface area (Å²) in [6.45, 7) is 3.12. The number of carbonyl (C=O) groups is 3. The molecule has 3 rings (SSSR count). The van der Waals surface area contributed by atoms with E-state index in [0.717, 1.165) is 12.1 Å². The summed E-state index contributed by atoms with van der Waals surface area (Å²) < 4.78 is 55.6. The number of thioether (sulfide) groups is 1. The topological polar surface area (TPSA) is 94.2 Å². The molecule has 1 aliphatic rings. The number of benzene rings is 2. The van der Waals surface area contributed by atoms with Gasteiger partial charge in [0.1, 0.15) is 18.9 Å². The van der Waals surface area contributed by atoms with Gasteiger partial charge in [-0.3, -0.25) is 19.3 Å². The molecule has 3 amide bonds. The Labute approximate surface area is 222 Å². The summed E-state index contributed by atoms with van der Waals surface area (Å²) >= 11 is 4.01. The number of nitrogens with one attached hydrogen (secondary N) is 1. The van der Waals surface area contributed by atoms with Crippen molar-refractivity contribution in [3.63, 3.8) is 0 Å². The Balaban J connectivity index is 1.79. The van der Waals surface area contributed by atoms with Gasteiger partial charge >= 0.3 is 6.18 Å². The minimum absolute atomic E-state index is 0.0188. The minimum Gasteiger partial charge on any atom is -0.495 e. The molecule has 1 heterocycles. The van der Waals surface area contributed by atoms with Gasteiger partial charge in [-0.15, -0.1) is 0 Å². The molecule has 13 heteroatoms. The smallest absolute Gasteiger partial charge is 0.416 e. The number of alkyl halides is 3. The zero-order valence-electron chi connectivity index (χ0n) is 19.5. The first kappa shape index (κ1) is 28.1. The van der Waals surface area contributed by atoms with Gasteiger partial charge in [-0.2, -0.15) is 13.2 Å². The van der Waals surface area contributed by atoms with Crippen LogP contribution in [0.3, 0.4) is 0 Å². The lowest BCUT2D eigenvalue weighted by molar-refractivity contribution is -0.137. The quantitative estimate of drug-likeness (QED) is 0.290. The lowest BCUT2D eigenvalue weighted by Crippen LogP contribution is -2.36. The maximum Gasteiger partial charge on any atom is 0.416 e. The van der Waals surface area contributed by atoms with Crippen LogP contribution in [0.15, 0.2) is 52.4 Å². The largest absolute Gasteiger partial charge is 0.495 e. The van der Waals surface area contributed by atoms with Gasteiger partial charge < -0.3 is 19.5 Å². The Bertz CT molecular complexity index is 1280. The number of methoxy groups -OCH3 is 2. The molecule has 37 heavy (non-hydrogen) atoms. The van der Waals surface area contributed by atoms with E-state index in [9.17, 15) is 27.6 Å². The van der Waals surface area contributed by atoms with Crippen LogP contribution in [0.2, 0.25) is 0 Å². The molecule has 0 bridgehead atoms. The lowest BCUT2D eigenvalue weighted by atomic mass is 10.1. The van der Waals surface area contributed by atoms with Gasteiger partial charge in [0.05, 0.1) is 30.4 Å². The first-order valence-electron chi connectivity index (χ1n) is 10.4. The number of hydrogen-bond donors (Lipinski definition) is 1. The number of halogens is 4. The molecule has 196 valence electrons. The Morgan fingerprint density at radius 3 is 2.46 bits per heavy atom. The van der Waals surface area contributed by atoms with E-state index >= 15 is 0 Å². The van der Waals surface area contributed by atoms with Gasteiger partial charge in [0.15, 0.2) is 11.5 Å². The zero-order chi connectivity index (χ0) is 27.3. The molecule has 2 aromatic carbocycles. The Morgan fingerprint density at radius 2 is 1.84 bits per heavy atom. The van der Waals surface area contributed by atoms with E-state index in [-0.39, 0.29) is 22.9 Å². The number of amides is 3. The van der Waals surface area contributed by atoms with Crippen molar-refractivity contribution >= 4 is 56.5 Å². The van der Waals surface area contributed by atoms with Crippen LogP contribution in [-0.4, -0.2) is 49.3 Å².